The zero-order chi connectivity index (χ0) is 13.3. The van der Waals surface area contributed by atoms with Crippen molar-refractivity contribution in [2.24, 2.45) is 0 Å². The molecule has 3 N–H and O–H groups in total. The SMILES string of the molecule is CCCC(=O)c1oc2cc(N)c(NC)cc2c1C. The van der Waals surface area contributed by atoms with Crippen LogP contribution in [-0.2, 0) is 0 Å². The van der Waals surface area contributed by atoms with Gasteiger partial charge in [0, 0.05) is 30.5 Å². The summed E-state index contributed by atoms with van der Waals surface area (Å²) in [6.07, 6.45) is 1.33. The molecular weight excluding hydrogens is 228 g/mol. The number of nitrogens with one attached hydrogen (secondary N) is 1. The summed E-state index contributed by atoms with van der Waals surface area (Å²) in [6, 6.07) is 3.68. The van der Waals surface area contributed by atoms with Crippen molar-refractivity contribution < 1.29 is 9.21 Å². The first kappa shape index (κ1) is 12.5. The monoisotopic (exact) mass is 246 g/mol. The molecule has 0 aliphatic rings. The number of Topliss-reactive ketones (excluding diaryl/α,β-unsaturated/α-hetero) is 1. The summed E-state index contributed by atoms with van der Waals surface area (Å²) in [5, 5.41) is 3.96. The number of nitrogen functional groups attached to an aromatic ring is 1. The van der Waals surface area contributed by atoms with Gasteiger partial charge in [-0.15, -0.1) is 0 Å². The van der Waals surface area contributed by atoms with Crippen LogP contribution in [0.5, 0.6) is 0 Å². The van der Waals surface area contributed by atoms with Crippen molar-refractivity contribution in [1.29, 1.82) is 0 Å². The number of benzene rings is 1. The lowest BCUT2D eigenvalue weighted by Crippen LogP contribution is -1.97. The average molecular weight is 246 g/mol. The van der Waals surface area contributed by atoms with Gasteiger partial charge >= 0.3 is 0 Å². The van der Waals surface area contributed by atoms with E-state index in [1.807, 2.05) is 27.0 Å². The number of hydrogen-bond donors (Lipinski definition) is 2. The van der Waals surface area contributed by atoms with Gasteiger partial charge in [0.25, 0.3) is 0 Å². The quantitative estimate of drug-likeness (QED) is 0.641. The molecule has 4 heteroatoms. The van der Waals surface area contributed by atoms with Crippen molar-refractivity contribution in [2.45, 2.75) is 26.7 Å². The van der Waals surface area contributed by atoms with Gasteiger partial charge in [-0.3, -0.25) is 4.79 Å². The van der Waals surface area contributed by atoms with Crippen LogP contribution in [0.25, 0.3) is 11.0 Å². The minimum Gasteiger partial charge on any atom is -0.453 e. The molecule has 4 nitrogen and oxygen atoms in total. The van der Waals surface area contributed by atoms with Crippen LogP contribution in [0.3, 0.4) is 0 Å². The van der Waals surface area contributed by atoms with Gasteiger partial charge in [0.1, 0.15) is 5.58 Å². The molecule has 1 aromatic heterocycles. The molecule has 0 bridgehead atoms. The first-order chi connectivity index (χ1) is 8.58. The fourth-order valence-corrected chi connectivity index (χ4v) is 2.10. The minimum absolute atomic E-state index is 0.0516. The second-order valence-corrected chi connectivity index (χ2v) is 4.41. The van der Waals surface area contributed by atoms with E-state index < -0.39 is 0 Å². The molecule has 18 heavy (non-hydrogen) atoms. The van der Waals surface area contributed by atoms with Gasteiger partial charge in [-0.1, -0.05) is 6.92 Å². The molecular formula is C14H18N2O2. The molecule has 0 saturated carbocycles. The predicted octanol–water partition coefficient (Wildman–Crippen LogP) is 3.35. The highest BCUT2D eigenvalue weighted by atomic mass is 16.3. The van der Waals surface area contributed by atoms with E-state index in [4.69, 9.17) is 10.2 Å². The zero-order valence-corrected chi connectivity index (χ0v) is 11.0. The molecule has 0 fully saturated rings. The number of anilines is 2. The molecule has 1 aromatic carbocycles. The number of rotatable bonds is 4. The predicted molar refractivity (Wildman–Crippen MR) is 74.1 cm³/mol. The first-order valence-electron chi connectivity index (χ1n) is 6.12. The average Bonchev–Trinajstić information content (AvgIpc) is 2.65. The third-order valence-corrected chi connectivity index (χ3v) is 3.11. The second kappa shape index (κ2) is 4.72. The van der Waals surface area contributed by atoms with Gasteiger partial charge in [0.05, 0.1) is 11.4 Å². The highest BCUT2D eigenvalue weighted by Gasteiger charge is 2.17. The molecule has 2 aromatic rings. The number of fused-ring (bicyclic) bond motifs is 1. The van der Waals surface area contributed by atoms with E-state index in [1.165, 1.54) is 0 Å². The summed E-state index contributed by atoms with van der Waals surface area (Å²) < 4.78 is 5.64. The maximum Gasteiger partial charge on any atom is 0.198 e. The van der Waals surface area contributed by atoms with E-state index in [2.05, 4.69) is 5.32 Å². The number of carbonyl (C=O) groups excluding carboxylic acids is 1. The van der Waals surface area contributed by atoms with Crippen LogP contribution in [-0.4, -0.2) is 12.8 Å². The molecule has 1 heterocycles. The first-order valence-corrected chi connectivity index (χ1v) is 6.12. The smallest absolute Gasteiger partial charge is 0.198 e. The van der Waals surface area contributed by atoms with Crippen molar-refractivity contribution >= 4 is 28.1 Å². The Morgan fingerprint density at radius 3 is 2.78 bits per heavy atom. The third-order valence-electron chi connectivity index (χ3n) is 3.11. The highest BCUT2D eigenvalue weighted by Crippen LogP contribution is 2.32. The van der Waals surface area contributed by atoms with Gasteiger partial charge in [-0.05, 0) is 19.4 Å². The zero-order valence-electron chi connectivity index (χ0n) is 11.0. The molecule has 0 aliphatic heterocycles. The maximum atomic E-state index is 11.9. The molecule has 0 unspecified atom stereocenters. The molecule has 0 aliphatic carbocycles. The molecule has 2 rings (SSSR count). The third kappa shape index (κ3) is 1.94. The number of ketones is 1. The van der Waals surface area contributed by atoms with E-state index in [9.17, 15) is 4.79 Å². The number of hydrogen-bond acceptors (Lipinski definition) is 4. The van der Waals surface area contributed by atoms with E-state index in [0.717, 1.165) is 23.1 Å². The topological polar surface area (TPSA) is 68.3 Å². The van der Waals surface area contributed by atoms with Crippen LogP contribution in [0.2, 0.25) is 0 Å². The Labute approximate surface area is 106 Å². The number of carbonyl (C=O) groups is 1. The molecule has 0 saturated heterocycles. The van der Waals surface area contributed by atoms with Crippen molar-refractivity contribution in [1.82, 2.24) is 0 Å². The Morgan fingerprint density at radius 2 is 2.17 bits per heavy atom. The van der Waals surface area contributed by atoms with E-state index in [1.54, 1.807) is 6.07 Å². The van der Waals surface area contributed by atoms with Crippen LogP contribution in [0.15, 0.2) is 16.5 Å². The summed E-state index contributed by atoms with van der Waals surface area (Å²) in [5.41, 5.74) is 8.91. The van der Waals surface area contributed by atoms with Crippen LogP contribution >= 0.6 is 0 Å². The number of furan rings is 1. The summed E-state index contributed by atoms with van der Waals surface area (Å²) >= 11 is 0. The van der Waals surface area contributed by atoms with Gasteiger partial charge in [0.2, 0.25) is 0 Å². The fraction of sp³-hybridized carbons (Fsp3) is 0.357. The largest absolute Gasteiger partial charge is 0.453 e. The number of aryl methyl sites for hydroxylation is 1. The maximum absolute atomic E-state index is 11.9. The van der Waals surface area contributed by atoms with Crippen molar-refractivity contribution in [3.63, 3.8) is 0 Å². The Hall–Kier alpha value is -1.97. The minimum atomic E-state index is 0.0516. The van der Waals surface area contributed by atoms with E-state index >= 15 is 0 Å². The van der Waals surface area contributed by atoms with Crippen molar-refractivity contribution in [3.05, 3.63) is 23.5 Å². The fourth-order valence-electron chi connectivity index (χ4n) is 2.10. The number of nitrogens with two attached hydrogens (primary N) is 1. The summed E-state index contributed by atoms with van der Waals surface area (Å²) in [4.78, 5) is 11.9. The second-order valence-electron chi connectivity index (χ2n) is 4.41. The van der Waals surface area contributed by atoms with Crippen molar-refractivity contribution in [3.8, 4) is 0 Å². The van der Waals surface area contributed by atoms with Crippen LogP contribution < -0.4 is 11.1 Å². The lowest BCUT2D eigenvalue weighted by molar-refractivity contribution is 0.0956. The molecule has 0 spiro atoms. The van der Waals surface area contributed by atoms with Gasteiger partial charge < -0.3 is 15.5 Å². The lowest BCUT2D eigenvalue weighted by Gasteiger charge is -2.03. The van der Waals surface area contributed by atoms with Gasteiger partial charge in [0.15, 0.2) is 11.5 Å². The van der Waals surface area contributed by atoms with Crippen LogP contribution in [0, 0.1) is 6.92 Å². The van der Waals surface area contributed by atoms with Crippen LogP contribution in [0.1, 0.15) is 35.9 Å². The lowest BCUT2D eigenvalue weighted by atomic mass is 10.1. The summed E-state index contributed by atoms with van der Waals surface area (Å²) in [7, 11) is 1.82. The Bertz CT molecular complexity index is 599. The molecule has 0 amide bonds. The molecule has 0 atom stereocenters. The van der Waals surface area contributed by atoms with Crippen molar-refractivity contribution in [2.75, 3.05) is 18.1 Å². The summed E-state index contributed by atoms with van der Waals surface area (Å²) in [5.74, 6) is 0.510. The summed E-state index contributed by atoms with van der Waals surface area (Å²) in [6.45, 7) is 3.89. The van der Waals surface area contributed by atoms with E-state index in [0.29, 0.717) is 23.5 Å². The molecule has 96 valence electrons. The molecule has 0 radical (unpaired) electrons. The Balaban J connectivity index is 2.59. The Kier molecular flexibility index (Phi) is 3.28. The van der Waals surface area contributed by atoms with E-state index in [-0.39, 0.29) is 5.78 Å². The normalized spacial score (nSPS) is 10.8. The van der Waals surface area contributed by atoms with Gasteiger partial charge in [-0.25, -0.2) is 0 Å². The Morgan fingerprint density at radius 1 is 1.44 bits per heavy atom. The van der Waals surface area contributed by atoms with Gasteiger partial charge in [-0.2, -0.15) is 0 Å². The standard InChI is InChI=1S/C14H18N2O2/c1-4-5-12(17)14-8(2)9-6-11(16-3)10(15)7-13(9)18-14/h6-7,16H,4-5,15H2,1-3H3. The highest BCUT2D eigenvalue weighted by molar-refractivity contribution is 6.01. The van der Waals surface area contributed by atoms with Crippen LogP contribution in [0.4, 0.5) is 11.4 Å².